The van der Waals surface area contributed by atoms with Crippen molar-refractivity contribution in [3.63, 3.8) is 0 Å². The quantitative estimate of drug-likeness (QED) is 0.772. The first kappa shape index (κ1) is 12.2. The van der Waals surface area contributed by atoms with Crippen molar-refractivity contribution in [2.75, 3.05) is 5.32 Å². The van der Waals surface area contributed by atoms with Crippen molar-refractivity contribution in [3.8, 4) is 0 Å². The van der Waals surface area contributed by atoms with Crippen molar-refractivity contribution >= 4 is 22.5 Å². The molecule has 0 aliphatic heterocycles. The van der Waals surface area contributed by atoms with Gasteiger partial charge in [0.15, 0.2) is 5.69 Å². The van der Waals surface area contributed by atoms with Crippen LogP contribution in [0.1, 0.15) is 16.2 Å². The maximum absolute atomic E-state index is 12.1. The number of carbonyl (C=O) groups is 1. The number of pyridine rings is 1. The molecule has 0 saturated heterocycles. The van der Waals surface area contributed by atoms with E-state index in [9.17, 15) is 4.79 Å². The molecule has 0 fully saturated rings. The Balaban J connectivity index is 1.93. The van der Waals surface area contributed by atoms with Crippen molar-refractivity contribution in [3.05, 3.63) is 60.0 Å². The highest BCUT2D eigenvalue weighted by molar-refractivity contribution is 6.07. The average molecular weight is 264 g/mol. The van der Waals surface area contributed by atoms with Gasteiger partial charge in [-0.15, -0.1) is 5.10 Å². The van der Waals surface area contributed by atoms with E-state index in [0.717, 1.165) is 16.6 Å². The minimum atomic E-state index is -0.296. The number of anilines is 1. The van der Waals surface area contributed by atoms with Gasteiger partial charge in [-0.3, -0.25) is 9.78 Å². The normalized spacial score (nSPS) is 10.4. The van der Waals surface area contributed by atoms with Gasteiger partial charge in [-0.1, -0.05) is 18.2 Å². The van der Waals surface area contributed by atoms with Gasteiger partial charge in [0.1, 0.15) is 0 Å². The smallest absolute Gasteiger partial charge is 0.276 e. The van der Waals surface area contributed by atoms with Crippen LogP contribution in [-0.4, -0.2) is 21.1 Å². The molecule has 2 heterocycles. The molecule has 20 heavy (non-hydrogen) atoms. The summed E-state index contributed by atoms with van der Waals surface area (Å²) >= 11 is 0. The Kier molecular flexibility index (Phi) is 3.09. The van der Waals surface area contributed by atoms with E-state index < -0.39 is 0 Å². The molecule has 5 heteroatoms. The second-order valence-electron chi connectivity index (χ2n) is 4.39. The molecule has 0 bridgehead atoms. The molecule has 2 aromatic heterocycles. The topological polar surface area (TPSA) is 67.8 Å². The molecular formula is C15H12N4O. The van der Waals surface area contributed by atoms with E-state index in [1.807, 2.05) is 37.3 Å². The number of hydrogen-bond acceptors (Lipinski definition) is 4. The van der Waals surface area contributed by atoms with Crippen LogP contribution in [0.3, 0.4) is 0 Å². The Morgan fingerprint density at radius 3 is 2.70 bits per heavy atom. The van der Waals surface area contributed by atoms with Gasteiger partial charge in [0.2, 0.25) is 0 Å². The van der Waals surface area contributed by atoms with Gasteiger partial charge in [-0.2, -0.15) is 5.10 Å². The third-order valence-corrected chi connectivity index (χ3v) is 2.91. The van der Waals surface area contributed by atoms with Gasteiger partial charge in [0, 0.05) is 11.6 Å². The number of nitrogens with one attached hydrogen (secondary N) is 1. The number of aromatic nitrogens is 3. The second-order valence-corrected chi connectivity index (χ2v) is 4.39. The molecule has 0 aliphatic carbocycles. The molecule has 5 nitrogen and oxygen atoms in total. The zero-order valence-corrected chi connectivity index (χ0v) is 10.9. The highest BCUT2D eigenvalue weighted by atomic mass is 16.1. The Morgan fingerprint density at radius 1 is 1.05 bits per heavy atom. The van der Waals surface area contributed by atoms with Crippen LogP contribution < -0.4 is 5.32 Å². The van der Waals surface area contributed by atoms with Crippen LogP contribution in [0.4, 0.5) is 5.69 Å². The van der Waals surface area contributed by atoms with E-state index in [-0.39, 0.29) is 11.6 Å². The molecule has 98 valence electrons. The van der Waals surface area contributed by atoms with Gasteiger partial charge in [-0.05, 0) is 31.2 Å². The zero-order chi connectivity index (χ0) is 13.9. The molecule has 0 aliphatic rings. The van der Waals surface area contributed by atoms with E-state index >= 15 is 0 Å². The molecule has 0 unspecified atom stereocenters. The number of rotatable bonds is 2. The number of fused-ring (bicyclic) bond motifs is 1. The predicted octanol–water partition coefficient (Wildman–Crippen LogP) is 2.59. The van der Waals surface area contributed by atoms with Crippen LogP contribution in [0.5, 0.6) is 0 Å². The molecule has 1 amide bonds. The predicted molar refractivity (Wildman–Crippen MR) is 76.5 cm³/mol. The average Bonchev–Trinajstić information content (AvgIpc) is 2.48. The van der Waals surface area contributed by atoms with Gasteiger partial charge in [-0.25, -0.2) is 0 Å². The molecular weight excluding hydrogens is 252 g/mol. The standard InChI is InChI=1S/C15H12N4O/c1-10-7-8-13(19-18-10)15(20)17-12-6-2-4-11-5-3-9-16-14(11)12/h2-9H,1H3,(H,17,20). The highest BCUT2D eigenvalue weighted by Crippen LogP contribution is 2.20. The molecule has 0 saturated carbocycles. The lowest BCUT2D eigenvalue weighted by Gasteiger charge is -2.07. The van der Waals surface area contributed by atoms with Crippen LogP contribution in [0.25, 0.3) is 10.9 Å². The molecule has 0 radical (unpaired) electrons. The fourth-order valence-electron chi connectivity index (χ4n) is 1.91. The lowest BCUT2D eigenvalue weighted by Crippen LogP contribution is -2.14. The minimum Gasteiger partial charge on any atom is -0.319 e. The maximum atomic E-state index is 12.1. The van der Waals surface area contributed by atoms with E-state index in [4.69, 9.17) is 0 Å². The van der Waals surface area contributed by atoms with E-state index in [1.165, 1.54) is 0 Å². The number of carbonyl (C=O) groups excluding carboxylic acids is 1. The number of hydrogen-bond donors (Lipinski definition) is 1. The number of para-hydroxylation sites is 1. The third kappa shape index (κ3) is 2.33. The molecule has 0 atom stereocenters. The number of benzene rings is 1. The summed E-state index contributed by atoms with van der Waals surface area (Å²) < 4.78 is 0. The summed E-state index contributed by atoms with van der Waals surface area (Å²) in [6, 6.07) is 12.8. The summed E-state index contributed by atoms with van der Waals surface area (Å²) in [5.74, 6) is -0.296. The van der Waals surface area contributed by atoms with Gasteiger partial charge in [0.25, 0.3) is 5.91 Å². The first-order valence-electron chi connectivity index (χ1n) is 6.19. The number of nitrogens with zero attached hydrogens (tertiary/aromatic N) is 3. The first-order chi connectivity index (χ1) is 9.74. The SMILES string of the molecule is Cc1ccc(C(=O)Nc2cccc3cccnc23)nn1. The number of amides is 1. The van der Waals surface area contributed by atoms with Gasteiger partial charge < -0.3 is 5.32 Å². The summed E-state index contributed by atoms with van der Waals surface area (Å²) in [6.45, 7) is 1.82. The van der Waals surface area contributed by atoms with Crippen molar-refractivity contribution in [2.45, 2.75) is 6.92 Å². The van der Waals surface area contributed by atoms with Gasteiger partial charge >= 0.3 is 0 Å². The lowest BCUT2D eigenvalue weighted by molar-refractivity contribution is 0.102. The monoisotopic (exact) mass is 264 g/mol. The summed E-state index contributed by atoms with van der Waals surface area (Å²) in [6.07, 6.45) is 1.70. The van der Waals surface area contributed by atoms with Crippen LogP contribution in [0.2, 0.25) is 0 Å². The summed E-state index contributed by atoms with van der Waals surface area (Å²) in [5.41, 5.74) is 2.47. The molecule has 3 rings (SSSR count). The summed E-state index contributed by atoms with van der Waals surface area (Å²) in [4.78, 5) is 16.4. The van der Waals surface area contributed by atoms with Crippen LogP contribution in [-0.2, 0) is 0 Å². The highest BCUT2D eigenvalue weighted by Gasteiger charge is 2.10. The lowest BCUT2D eigenvalue weighted by atomic mass is 10.2. The van der Waals surface area contributed by atoms with Crippen molar-refractivity contribution < 1.29 is 4.79 Å². The molecule has 1 aromatic carbocycles. The van der Waals surface area contributed by atoms with E-state index in [2.05, 4.69) is 20.5 Å². The summed E-state index contributed by atoms with van der Waals surface area (Å²) in [7, 11) is 0. The maximum Gasteiger partial charge on any atom is 0.276 e. The third-order valence-electron chi connectivity index (χ3n) is 2.91. The number of aryl methyl sites for hydroxylation is 1. The van der Waals surface area contributed by atoms with Crippen LogP contribution in [0, 0.1) is 6.92 Å². The fraction of sp³-hybridized carbons (Fsp3) is 0.0667. The second kappa shape index (κ2) is 5.05. The Morgan fingerprint density at radius 2 is 1.90 bits per heavy atom. The zero-order valence-electron chi connectivity index (χ0n) is 10.9. The first-order valence-corrected chi connectivity index (χ1v) is 6.19. The van der Waals surface area contributed by atoms with Crippen LogP contribution >= 0.6 is 0 Å². The molecule has 3 aromatic rings. The van der Waals surface area contributed by atoms with E-state index in [0.29, 0.717) is 5.69 Å². The molecule has 0 spiro atoms. The summed E-state index contributed by atoms with van der Waals surface area (Å²) in [5, 5.41) is 11.5. The largest absolute Gasteiger partial charge is 0.319 e. The Labute approximate surface area is 115 Å². The fourth-order valence-corrected chi connectivity index (χ4v) is 1.91. The Bertz CT molecular complexity index is 763. The van der Waals surface area contributed by atoms with Crippen LogP contribution in [0.15, 0.2) is 48.7 Å². The Hall–Kier alpha value is -2.82. The van der Waals surface area contributed by atoms with Crippen molar-refractivity contribution in [1.29, 1.82) is 0 Å². The van der Waals surface area contributed by atoms with Crippen molar-refractivity contribution in [2.24, 2.45) is 0 Å². The van der Waals surface area contributed by atoms with E-state index in [1.54, 1.807) is 18.3 Å². The molecule has 1 N–H and O–H groups in total. The minimum absolute atomic E-state index is 0.281. The van der Waals surface area contributed by atoms with Crippen molar-refractivity contribution in [1.82, 2.24) is 15.2 Å². The van der Waals surface area contributed by atoms with Gasteiger partial charge in [0.05, 0.1) is 16.9 Å².